The van der Waals surface area contributed by atoms with Crippen LogP contribution in [0.2, 0.25) is 10.0 Å². The van der Waals surface area contributed by atoms with Gasteiger partial charge in [-0.1, -0.05) is 35.3 Å². The maximum absolute atomic E-state index is 13.9. The van der Waals surface area contributed by atoms with Gasteiger partial charge in [-0.25, -0.2) is 0 Å². The smallest absolute Gasteiger partial charge is 0.275 e. The second-order valence-corrected chi connectivity index (χ2v) is 15.0. The van der Waals surface area contributed by atoms with Gasteiger partial charge in [-0.3, -0.25) is 19.4 Å². The summed E-state index contributed by atoms with van der Waals surface area (Å²) in [4.78, 5) is 46.6. The summed E-state index contributed by atoms with van der Waals surface area (Å²) < 4.78 is 23.2. The first-order valence-electron chi connectivity index (χ1n) is 18.3. The molecule has 0 radical (unpaired) electrons. The van der Waals surface area contributed by atoms with Crippen LogP contribution in [0, 0.1) is 0 Å². The predicted molar refractivity (Wildman–Crippen MR) is 209 cm³/mol. The van der Waals surface area contributed by atoms with Gasteiger partial charge in [-0.2, -0.15) is 0 Å². The van der Waals surface area contributed by atoms with Crippen molar-refractivity contribution in [3.05, 3.63) is 76.0 Å². The minimum Gasteiger partial charge on any atom is -0.455 e. The van der Waals surface area contributed by atoms with Crippen LogP contribution in [0.1, 0.15) is 35.2 Å². The Balaban J connectivity index is 0.989. The average Bonchev–Trinajstić information content (AvgIpc) is 3.99. The number of carbonyl (C=O) groups is 3. The number of para-hydroxylation sites is 2. The standard InChI is InChI=1S/C39H50Cl2N6O7/c1-47(2,3)27-38(49)44-15-19-52-21-23-53-22-20-51-18-14-43-37(48)11-8-28-24-32(41)36(25-31(28)40)54-35-12-13-42-26-30(35)39(50)46-17-16-45(29-9-10-29)33-6-4-5-7-34(33)46/h4-7,12-13,24-26,29H,8-11,14-23,27H2,1-3H3,(H-,43,44,48,49)/p+1. The van der Waals surface area contributed by atoms with E-state index in [4.69, 9.17) is 42.1 Å². The summed E-state index contributed by atoms with van der Waals surface area (Å²) in [6.45, 7) is 4.96. The molecule has 292 valence electrons. The van der Waals surface area contributed by atoms with E-state index in [1.54, 1.807) is 29.3 Å². The van der Waals surface area contributed by atoms with Gasteiger partial charge in [0, 0.05) is 62.1 Å². The number of quaternary nitrogens is 1. The highest BCUT2D eigenvalue weighted by Gasteiger charge is 2.36. The number of hydrogen-bond donors (Lipinski definition) is 2. The lowest BCUT2D eigenvalue weighted by Crippen LogP contribution is -2.45. The van der Waals surface area contributed by atoms with Crippen LogP contribution in [0.25, 0.3) is 0 Å². The lowest BCUT2D eigenvalue weighted by molar-refractivity contribution is -0.862. The third-order valence-electron chi connectivity index (χ3n) is 8.73. The number of likely N-dealkylation sites (N-methyl/N-ethyl adjacent to an activating group) is 1. The van der Waals surface area contributed by atoms with Gasteiger partial charge in [0.15, 0.2) is 6.54 Å². The van der Waals surface area contributed by atoms with E-state index in [0.29, 0.717) is 115 Å². The molecule has 1 saturated carbocycles. The van der Waals surface area contributed by atoms with Gasteiger partial charge >= 0.3 is 0 Å². The molecule has 2 N–H and O–H groups in total. The Bertz CT molecular complexity index is 1740. The highest BCUT2D eigenvalue weighted by Crippen LogP contribution is 2.41. The van der Waals surface area contributed by atoms with Crippen molar-refractivity contribution in [2.75, 3.05) is 103 Å². The summed E-state index contributed by atoms with van der Waals surface area (Å²) in [5, 5.41) is 6.36. The summed E-state index contributed by atoms with van der Waals surface area (Å²) in [7, 11) is 5.89. The molecule has 2 heterocycles. The largest absolute Gasteiger partial charge is 0.455 e. The molecule has 1 aliphatic heterocycles. The molecule has 0 atom stereocenters. The topological polar surface area (TPSA) is 132 Å². The number of rotatable bonds is 21. The van der Waals surface area contributed by atoms with Crippen LogP contribution in [0.4, 0.5) is 11.4 Å². The third kappa shape index (κ3) is 12.5. The minimum absolute atomic E-state index is 0.00549. The van der Waals surface area contributed by atoms with Gasteiger partial charge in [0.25, 0.3) is 11.8 Å². The number of nitrogens with zero attached hydrogens (tertiary/aromatic N) is 4. The number of ether oxygens (including phenoxy) is 4. The van der Waals surface area contributed by atoms with Crippen molar-refractivity contribution in [1.29, 1.82) is 0 Å². The second kappa shape index (κ2) is 20.1. The van der Waals surface area contributed by atoms with Crippen molar-refractivity contribution in [1.82, 2.24) is 15.6 Å². The quantitative estimate of drug-likeness (QED) is 0.116. The molecule has 1 fully saturated rings. The number of hydrogen-bond acceptors (Lipinski definition) is 9. The molecule has 0 bridgehead atoms. The molecule has 1 aliphatic carbocycles. The number of aryl methyl sites for hydroxylation is 1. The fourth-order valence-corrected chi connectivity index (χ4v) is 6.46. The van der Waals surface area contributed by atoms with Crippen molar-refractivity contribution in [2.45, 2.75) is 31.7 Å². The molecule has 13 nitrogen and oxygen atoms in total. The van der Waals surface area contributed by atoms with E-state index in [9.17, 15) is 14.4 Å². The summed E-state index contributed by atoms with van der Waals surface area (Å²) in [5.74, 6) is 0.244. The number of halogens is 2. The molecule has 2 aromatic carbocycles. The van der Waals surface area contributed by atoms with E-state index in [2.05, 4.69) is 26.6 Å². The van der Waals surface area contributed by atoms with Gasteiger partial charge < -0.3 is 43.9 Å². The molecular weight excluding hydrogens is 735 g/mol. The zero-order valence-corrected chi connectivity index (χ0v) is 32.8. The summed E-state index contributed by atoms with van der Waals surface area (Å²) in [6.07, 6.45) is 5.99. The zero-order valence-electron chi connectivity index (χ0n) is 31.3. The predicted octanol–water partition coefficient (Wildman–Crippen LogP) is 4.73. The number of anilines is 2. The van der Waals surface area contributed by atoms with Crippen LogP contribution < -0.4 is 25.2 Å². The number of nitrogens with one attached hydrogen (secondary N) is 2. The molecule has 5 rings (SSSR count). The van der Waals surface area contributed by atoms with E-state index < -0.39 is 0 Å². The third-order valence-corrected chi connectivity index (χ3v) is 9.38. The Hall–Kier alpha value is -3.98. The lowest BCUT2D eigenvalue weighted by Gasteiger charge is -2.38. The molecule has 0 spiro atoms. The van der Waals surface area contributed by atoms with Crippen LogP contribution in [0.15, 0.2) is 54.9 Å². The Morgan fingerprint density at radius 1 is 0.815 bits per heavy atom. The van der Waals surface area contributed by atoms with Gasteiger partial charge in [0.2, 0.25) is 5.91 Å². The molecule has 1 aromatic heterocycles. The maximum atomic E-state index is 13.9. The minimum atomic E-state index is -0.211. The van der Waals surface area contributed by atoms with Gasteiger partial charge in [0.05, 0.1) is 77.2 Å². The van der Waals surface area contributed by atoms with Crippen LogP contribution >= 0.6 is 23.2 Å². The normalized spacial score (nSPS) is 14.1. The van der Waals surface area contributed by atoms with Crippen molar-refractivity contribution in [3.8, 4) is 11.5 Å². The summed E-state index contributed by atoms with van der Waals surface area (Å²) >= 11 is 13.3. The molecule has 0 unspecified atom stereocenters. The molecule has 3 amide bonds. The van der Waals surface area contributed by atoms with Gasteiger partial charge in [-0.15, -0.1) is 0 Å². The number of carbonyl (C=O) groups excluding carboxylic acids is 3. The average molecular weight is 787 g/mol. The highest BCUT2D eigenvalue weighted by molar-refractivity contribution is 6.34. The highest BCUT2D eigenvalue weighted by atomic mass is 35.5. The first-order chi connectivity index (χ1) is 26.0. The number of fused-ring (bicyclic) bond motifs is 1. The monoisotopic (exact) mass is 785 g/mol. The molecule has 15 heteroatoms. The fraction of sp³-hybridized carbons (Fsp3) is 0.487. The molecule has 2 aliphatic rings. The van der Waals surface area contributed by atoms with Crippen molar-refractivity contribution < 1.29 is 37.8 Å². The second-order valence-electron chi connectivity index (χ2n) is 14.2. The summed E-state index contributed by atoms with van der Waals surface area (Å²) in [5.41, 5.74) is 2.94. The number of pyridine rings is 1. The molecular formula is C39H51Cl2N6O7+. The Kier molecular flexibility index (Phi) is 15.3. The van der Waals surface area contributed by atoms with Crippen molar-refractivity contribution >= 4 is 52.3 Å². The lowest BCUT2D eigenvalue weighted by atomic mass is 10.1. The van der Waals surface area contributed by atoms with E-state index in [0.717, 1.165) is 17.9 Å². The van der Waals surface area contributed by atoms with Crippen LogP contribution in [-0.2, 0) is 30.2 Å². The molecule has 54 heavy (non-hydrogen) atoms. The van der Waals surface area contributed by atoms with Crippen molar-refractivity contribution in [3.63, 3.8) is 0 Å². The van der Waals surface area contributed by atoms with E-state index in [1.807, 2.05) is 39.3 Å². The van der Waals surface area contributed by atoms with Crippen LogP contribution in [0.5, 0.6) is 11.5 Å². The van der Waals surface area contributed by atoms with Crippen LogP contribution in [-0.4, -0.2) is 127 Å². The van der Waals surface area contributed by atoms with E-state index >= 15 is 0 Å². The SMILES string of the molecule is C[N+](C)(C)CC(=O)NCCOCCOCCOCCNC(=O)CCc1cc(Cl)c(Oc2ccncc2C(=O)N2CCN(C3CC3)c3ccccc32)cc1Cl. The van der Waals surface area contributed by atoms with Crippen molar-refractivity contribution in [2.24, 2.45) is 0 Å². The first kappa shape index (κ1) is 41.2. The first-order valence-corrected chi connectivity index (χ1v) is 19.1. The molecule has 3 aromatic rings. The number of aromatic nitrogens is 1. The van der Waals surface area contributed by atoms with E-state index in [-0.39, 0.29) is 24.1 Å². The molecule has 0 saturated heterocycles. The zero-order chi connectivity index (χ0) is 38.5. The Labute approximate surface area is 327 Å². The van der Waals surface area contributed by atoms with Gasteiger partial charge in [-0.05, 0) is 49.1 Å². The number of amides is 3. The summed E-state index contributed by atoms with van der Waals surface area (Å²) in [6, 6.07) is 13.4. The maximum Gasteiger partial charge on any atom is 0.275 e. The van der Waals surface area contributed by atoms with Crippen LogP contribution in [0.3, 0.4) is 0 Å². The van der Waals surface area contributed by atoms with E-state index in [1.165, 1.54) is 19.0 Å². The Morgan fingerprint density at radius 2 is 1.46 bits per heavy atom. The fourth-order valence-electron chi connectivity index (χ4n) is 5.99. The van der Waals surface area contributed by atoms with Gasteiger partial charge in [0.1, 0.15) is 17.1 Å². The number of benzene rings is 2. The Morgan fingerprint density at radius 3 is 2.13 bits per heavy atom.